The lowest BCUT2D eigenvalue weighted by molar-refractivity contribution is -0.695. The number of aryl methyl sites for hydroxylation is 2. The maximum absolute atomic E-state index is 5.61. The van der Waals surface area contributed by atoms with Crippen LogP contribution < -0.4 is 43.4 Å². The number of likely N-dealkylation sites (tertiary alicyclic amines) is 2. The highest BCUT2D eigenvalue weighted by Crippen LogP contribution is 2.37. The van der Waals surface area contributed by atoms with Crippen LogP contribution in [0.15, 0.2) is 97.6 Å². The summed E-state index contributed by atoms with van der Waals surface area (Å²) in [6, 6.07) is 26.5. The van der Waals surface area contributed by atoms with E-state index in [0.29, 0.717) is 0 Å². The Morgan fingerprint density at radius 1 is 0.517 bits per heavy atom. The third kappa shape index (κ3) is 8.19. The number of methoxy groups -OCH3 is 2. The van der Waals surface area contributed by atoms with E-state index in [2.05, 4.69) is 140 Å². The van der Waals surface area contributed by atoms with Crippen molar-refractivity contribution >= 4 is 90.0 Å². The molecule has 0 spiro atoms. The predicted octanol–water partition coefficient (Wildman–Crippen LogP) is 2.85. The molecule has 8 aromatic rings. The molecule has 2 aliphatic rings. The Balaban J connectivity index is 0.00000151. The standard InChI is InChI=1S/C48H54N6O2.4ClH/c1-49-43-11-7-37(55-3)29-39(43)47-41-31-53(23-17-35(41)5-9-45(47)49)27-25-51-19-13-33(14-20-51)34-15-21-52(22-16-34)26-28-54-24-18-36-6-10-46-48(42(36)32-54)40-30-38(56-4)8-12-44(40)50(46)2;;;;/h5-12,17-18,23-24,29-34H,13-16,19-22,25-28H2,1-4H3;4*1H/q+2;;;;/p-2. The van der Waals surface area contributed by atoms with Crippen molar-refractivity contribution in [2.24, 2.45) is 25.9 Å². The second kappa shape index (κ2) is 18.9. The number of halogens is 4. The Morgan fingerprint density at radius 2 is 0.900 bits per heavy atom. The number of nitrogens with zero attached hydrogens (tertiary/aromatic N) is 6. The molecule has 10 rings (SSSR count). The fourth-order valence-corrected chi connectivity index (χ4v) is 10.3. The Labute approximate surface area is 377 Å². The van der Waals surface area contributed by atoms with Crippen LogP contribution in [0, 0.1) is 11.8 Å². The molecule has 2 aliphatic heterocycles. The van der Waals surface area contributed by atoms with E-state index < -0.39 is 0 Å². The Kier molecular flexibility index (Phi) is 14.4. The quantitative estimate of drug-likeness (QED) is 0.210. The normalized spacial score (nSPS) is 15.6. The molecule has 0 unspecified atom stereocenters. The van der Waals surface area contributed by atoms with E-state index in [4.69, 9.17) is 9.47 Å². The number of hydrogen-bond acceptors (Lipinski definition) is 4. The van der Waals surface area contributed by atoms with Crippen molar-refractivity contribution in [3.8, 4) is 11.5 Å². The Morgan fingerprint density at radius 3 is 1.28 bits per heavy atom. The third-order valence-electron chi connectivity index (χ3n) is 13.7. The molecule has 0 aliphatic carbocycles. The number of piperidine rings is 2. The van der Waals surface area contributed by atoms with Gasteiger partial charge in [0.25, 0.3) is 0 Å². The molecule has 0 atom stereocenters. The smallest absolute Gasteiger partial charge is 0.177 e. The maximum atomic E-state index is 5.61. The molecule has 12 heteroatoms. The molecule has 4 aromatic heterocycles. The van der Waals surface area contributed by atoms with Gasteiger partial charge < -0.3 is 43.4 Å². The van der Waals surface area contributed by atoms with E-state index in [0.717, 1.165) is 49.5 Å². The van der Waals surface area contributed by atoms with Gasteiger partial charge in [-0.05, 0) is 123 Å². The van der Waals surface area contributed by atoms with Crippen molar-refractivity contribution in [3.05, 3.63) is 97.6 Å². The van der Waals surface area contributed by atoms with Gasteiger partial charge in [-0.2, -0.15) is 0 Å². The van der Waals surface area contributed by atoms with Gasteiger partial charge in [-0.15, -0.1) is 24.8 Å². The first kappa shape index (κ1) is 45.5. The molecule has 2 saturated heterocycles. The second-order valence-corrected chi connectivity index (χ2v) is 16.5. The lowest BCUT2D eigenvalue weighted by Crippen LogP contribution is -3.00. The molecule has 8 nitrogen and oxygen atoms in total. The van der Waals surface area contributed by atoms with E-state index in [1.54, 1.807) is 14.2 Å². The van der Waals surface area contributed by atoms with Gasteiger partial charge in [0.1, 0.15) is 11.5 Å². The van der Waals surface area contributed by atoms with E-state index in [9.17, 15) is 0 Å². The molecule has 4 aromatic carbocycles. The monoisotopic (exact) mass is 888 g/mol. The number of fused-ring (bicyclic) bond motifs is 10. The number of rotatable bonds is 9. The fraction of sp³-hybridized carbons (Fsp3) is 0.375. The number of hydrogen-bond donors (Lipinski definition) is 0. The topological polar surface area (TPSA) is 42.6 Å². The summed E-state index contributed by atoms with van der Waals surface area (Å²) in [5, 5.41) is 10.3. The van der Waals surface area contributed by atoms with Crippen LogP contribution in [0.1, 0.15) is 25.7 Å². The number of benzene rings is 4. The summed E-state index contributed by atoms with van der Waals surface area (Å²) in [7, 11) is 7.83. The maximum Gasteiger partial charge on any atom is 0.177 e. The average Bonchev–Trinajstić information content (AvgIpc) is 3.71. The van der Waals surface area contributed by atoms with E-state index in [1.807, 2.05) is 0 Å². The predicted molar refractivity (Wildman–Crippen MR) is 242 cm³/mol. The summed E-state index contributed by atoms with van der Waals surface area (Å²) >= 11 is 0. The van der Waals surface area contributed by atoms with Crippen molar-refractivity contribution in [3.63, 3.8) is 0 Å². The summed E-state index contributed by atoms with van der Waals surface area (Å²) in [6.07, 6.45) is 14.6. The van der Waals surface area contributed by atoms with Crippen LogP contribution in [0.4, 0.5) is 0 Å². The molecule has 0 saturated carbocycles. The molecular weight excluding hydrogens is 834 g/mol. The minimum absolute atomic E-state index is 0. The molecule has 0 bridgehead atoms. The van der Waals surface area contributed by atoms with E-state index in [-0.39, 0.29) is 49.6 Å². The number of pyridine rings is 2. The lowest BCUT2D eigenvalue weighted by atomic mass is 9.79. The minimum Gasteiger partial charge on any atom is -1.00 e. The van der Waals surface area contributed by atoms with Gasteiger partial charge in [0.05, 0.1) is 38.1 Å². The molecule has 2 fully saturated rings. The summed E-state index contributed by atoms with van der Waals surface area (Å²) in [5.74, 6) is 3.55. The third-order valence-corrected chi connectivity index (χ3v) is 13.7. The van der Waals surface area contributed by atoms with E-state index in [1.165, 1.54) is 117 Å². The van der Waals surface area contributed by atoms with Crippen LogP contribution in [-0.2, 0) is 27.2 Å². The van der Waals surface area contributed by atoms with Crippen LogP contribution in [0.5, 0.6) is 11.5 Å². The van der Waals surface area contributed by atoms with Gasteiger partial charge >= 0.3 is 0 Å². The summed E-state index contributed by atoms with van der Waals surface area (Å²) in [4.78, 5) is 5.41. The van der Waals surface area contributed by atoms with Crippen molar-refractivity contribution in [2.45, 2.75) is 38.8 Å². The first-order chi connectivity index (χ1) is 27.4. The zero-order chi connectivity index (χ0) is 37.9. The Bertz CT molecular complexity index is 2580. The first-order valence-electron chi connectivity index (χ1n) is 20.7. The van der Waals surface area contributed by atoms with Gasteiger partial charge in [-0.25, -0.2) is 9.13 Å². The SMILES string of the molecule is COc1ccc2c(c1)c1c3c[n+](CCN4CCC(C5CCN(CC[n+]6ccc7ccc8c(c7c6)c6cc(OC)ccc6n8C)CC5)CC4)ccc3ccc1n2C.Cl.Cl.[Cl-].[Cl-]. The van der Waals surface area contributed by atoms with Gasteiger partial charge in [0.15, 0.2) is 37.9 Å². The van der Waals surface area contributed by atoms with Crippen molar-refractivity contribution in [2.75, 3.05) is 53.5 Å². The summed E-state index contributed by atoms with van der Waals surface area (Å²) in [5.41, 5.74) is 5.00. The van der Waals surface area contributed by atoms with Crippen molar-refractivity contribution in [1.82, 2.24) is 18.9 Å². The van der Waals surface area contributed by atoms with Gasteiger partial charge in [0.2, 0.25) is 0 Å². The zero-order valence-electron chi connectivity index (χ0n) is 34.9. The van der Waals surface area contributed by atoms with Crippen LogP contribution >= 0.6 is 24.8 Å². The molecule has 6 heterocycles. The first-order valence-corrected chi connectivity index (χ1v) is 20.7. The number of aromatic nitrogens is 4. The minimum atomic E-state index is 0. The van der Waals surface area contributed by atoms with Crippen LogP contribution in [0.25, 0.3) is 65.2 Å². The fourth-order valence-electron chi connectivity index (χ4n) is 10.3. The lowest BCUT2D eigenvalue weighted by Gasteiger charge is -2.39. The van der Waals surface area contributed by atoms with Crippen LogP contribution in [0.3, 0.4) is 0 Å². The van der Waals surface area contributed by atoms with Gasteiger partial charge in [0, 0.05) is 69.8 Å². The van der Waals surface area contributed by atoms with E-state index >= 15 is 0 Å². The molecule has 318 valence electrons. The molecular formula is C48H56Cl4N6O2. The summed E-state index contributed by atoms with van der Waals surface area (Å²) < 4.78 is 20.6. The average molecular weight is 891 g/mol. The summed E-state index contributed by atoms with van der Waals surface area (Å²) in [6.45, 7) is 9.13. The number of ether oxygens (including phenoxy) is 2. The second-order valence-electron chi connectivity index (χ2n) is 16.5. The van der Waals surface area contributed by atoms with Crippen LogP contribution in [0.2, 0.25) is 0 Å². The van der Waals surface area contributed by atoms with Crippen molar-refractivity contribution in [1.29, 1.82) is 0 Å². The van der Waals surface area contributed by atoms with Crippen molar-refractivity contribution < 1.29 is 43.4 Å². The molecule has 0 amide bonds. The molecule has 60 heavy (non-hydrogen) atoms. The highest BCUT2D eigenvalue weighted by atomic mass is 35.5. The van der Waals surface area contributed by atoms with Gasteiger partial charge in [-0.1, -0.05) is 12.1 Å². The molecule has 0 radical (unpaired) electrons. The zero-order valence-corrected chi connectivity index (χ0v) is 38.1. The molecule has 0 N–H and O–H groups in total. The highest BCUT2D eigenvalue weighted by molar-refractivity contribution is 6.21. The van der Waals surface area contributed by atoms with Crippen LogP contribution in [-0.4, -0.2) is 72.4 Å². The largest absolute Gasteiger partial charge is 1.00 e. The Hall–Kier alpha value is -4.02. The van der Waals surface area contributed by atoms with Gasteiger partial charge in [-0.3, -0.25) is 9.80 Å². The highest BCUT2D eigenvalue weighted by Gasteiger charge is 2.30.